The molecule has 0 spiro atoms. The molecule has 8 heteroatoms. The normalized spacial score (nSPS) is 9.00. The van der Waals surface area contributed by atoms with E-state index in [2.05, 4.69) is 9.05 Å². The molecule has 10 heavy (non-hydrogen) atoms. The lowest BCUT2D eigenvalue weighted by Gasteiger charge is -2.02. The molecule has 0 radical (unpaired) electrons. The Hall–Kier alpha value is -1.07. The van der Waals surface area contributed by atoms with Crippen LogP contribution in [0.25, 0.3) is 0 Å². The van der Waals surface area contributed by atoms with Crippen molar-refractivity contribution in [3.63, 3.8) is 0 Å². The minimum absolute atomic E-state index is 1.80. The summed E-state index contributed by atoms with van der Waals surface area (Å²) in [5, 5.41) is 15.5. The van der Waals surface area contributed by atoms with Gasteiger partial charge in [0.15, 0.2) is 0 Å². The number of hydrogen-bond acceptors (Lipinski definition) is 5. The topological polar surface area (TPSA) is 113 Å². The van der Waals surface area contributed by atoms with Crippen molar-refractivity contribution in [2.75, 3.05) is 0 Å². The van der Waals surface area contributed by atoms with Crippen molar-refractivity contribution in [3.8, 4) is 0 Å². The first-order valence-corrected chi connectivity index (χ1v) is 2.96. The Labute approximate surface area is 55.8 Å². The summed E-state index contributed by atoms with van der Waals surface area (Å²) in [6, 6.07) is 0. The van der Waals surface area contributed by atoms with Crippen LogP contribution in [-0.4, -0.2) is 27.4 Å². The van der Waals surface area contributed by atoms with Crippen LogP contribution in [0, 0.1) is 0 Å². The summed E-state index contributed by atoms with van der Waals surface area (Å²) in [6.07, 6.45) is -3.59. The van der Waals surface area contributed by atoms with Gasteiger partial charge in [0.25, 0.3) is 0 Å². The van der Waals surface area contributed by atoms with E-state index in [9.17, 15) is 9.59 Å². The molecule has 0 aromatic heterocycles. The van der Waals surface area contributed by atoms with Crippen molar-refractivity contribution in [3.05, 3.63) is 0 Å². The molecule has 0 bridgehead atoms. The van der Waals surface area contributed by atoms with E-state index in [1.54, 1.807) is 0 Å². The quantitative estimate of drug-likeness (QED) is 0.519. The Morgan fingerprint density at radius 1 is 1.10 bits per heavy atom. The standard InChI is InChI=1S/C2H3O7P/c3-1(4)8-10(7)9-2(5)6/h7H,(H,3,4)(H,5,6). The molecule has 7 nitrogen and oxygen atoms in total. The summed E-state index contributed by atoms with van der Waals surface area (Å²) in [5.74, 6) is 0. The third-order valence-electron chi connectivity index (χ3n) is 0.312. The van der Waals surface area contributed by atoms with Gasteiger partial charge < -0.3 is 24.2 Å². The van der Waals surface area contributed by atoms with Crippen LogP contribution in [0.1, 0.15) is 0 Å². The first-order valence-electron chi connectivity index (χ1n) is 1.83. The average molecular weight is 170 g/mol. The Morgan fingerprint density at radius 2 is 1.40 bits per heavy atom. The van der Waals surface area contributed by atoms with Gasteiger partial charge in [0, 0.05) is 0 Å². The lowest BCUT2D eigenvalue weighted by Crippen LogP contribution is -2.00. The van der Waals surface area contributed by atoms with Gasteiger partial charge in [-0.05, 0) is 0 Å². The van der Waals surface area contributed by atoms with Crippen LogP contribution < -0.4 is 0 Å². The molecule has 0 aromatic rings. The van der Waals surface area contributed by atoms with Crippen molar-refractivity contribution < 1.29 is 33.7 Å². The van der Waals surface area contributed by atoms with E-state index in [0.717, 1.165) is 0 Å². The SMILES string of the molecule is O=C(O)OP(O)OC(=O)O. The van der Waals surface area contributed by atoms with E-state index in [1.807, 2.05) is 0 Å². The maximum absolute atomic E-state index is 9.55. The average Bonchev–Trinajstić information content (AvgIpc) is 1.58. The first kappa shape index (κ1) is 8.93. The highest BCUT2D eigenvalue weighted by Gasteiger charge is 2.16. The molecular formula is C2H3O7P. The molecule has 0 fully saturated rings. The highest BCUT2D eigenvalue weighted by Crippen LogP contribution is 2.32. The van der Waals surface area contributed by atoms with Gasteiger partial charge in [0.05, 0.1) is 0 Å². The first-order chi connectivity index (χ1) is 4.52. The van der Waals surface area contributed by atoms with E-state index in [0.29, 0.717) is 0 Å². The summed E-state index contributed by atoms with van der Waals surface area (Å²) in [4.78, 5) is 27.4. The van der Waals surface area contributed by atoms with Crippen LogP contribution in [0.3, 0.4) is 0 Å². The lowest BCUT2D eigenvalue weighted by molar-refractivity contribution is 0.118. The minimum atomic E-state index is -2.86. The van der Waals surface area contributed by atoms with E-state index >= 15 is 0 Å². The molecule has 0 aliphatic rings. The molecule has 0 aliphatic heterocycles. The predicted molar refractivity (Wildman–Crippen MR) is 27.4 cm³/mol. The highest BCUT2D eigenvalue weighted by molar-refractivity contribution is 7.41. The molecule has 0 saturated carbocycles. The fourth-order valence-corrected chi connectivity index (χ4v) is 0.457. The van der Waals surface area contributed by atoms with Crippen molar-refractivity contribution in [2.24, 2.45) is 0 Å². The van der Waals surface area contributed by atoms with E-state index in [1.165, 1.54) is 0 Å². The van der Waals surface area contributed by atoms with Gasteiger partial charge in [0.2, 0.25) is 0 Å². The van der Waals surface area contributed by atoms with Gasteiger partial charge in [-0.3, -0.25) is 0 Å². The summed E-state index contributed by atoms with van der Waals surface area (Å²) in [7, 11) is -2.86. The highest BCUT2D eigenvalue weighted by atomic mass is 31.2. The van der Waals surface area contributed by atoms with Crippen LogP contribution in [-0.2, 0) is 9.05 Å². The zero-order chi connectivity index (χ0) is 8.15. The maximum atomic E-state index is 9.55. The molecule has 3 N–H and O–H groups in total. The smallest absolute Gasteiger partial charge is 0.449 e. The second-order valence-corrected chi connectivity index (χ2v) is 1.79. The maximum Gasteiger partial charge on any atom is 0.512 e. The zero-order valence-corrected chi connectivity index (χ0v) is 5.32. The summed E-state index contributed by atoms with van der Waals surface area (Å²) in [6.45, 7) is 0. The van der Waals surface area contributed by atoms with Crippen molar-refractivity contribution in [1.29, 1.82) is 0 Å². The van der Waals surface area contributed by atoms with Crippen LogP contribution in [0.5, 0.6) is 0 Å². The van der Waals surface area contributed by atoms with Gasteiger partial charge in [0.1, 0.15) is 0 Å². The van der Waals surface area contributed by atoms with Gasteiger partial charge in [-0.25, -0.2) is 9.59 Å². The number of carbonyl (C=O) groups is 2. The summed E-state index contributed by atoms with van der Waals surface area (Å²) >= 11 is 0. The fourth-order valence-electron chi connectivity index (χ4n) is 0.152. The van der Waals surface area contributed by atoms with Gasteiger partial charge in [-0.15, -0.1) is 0 Å². The Kier molecular flexibility index (Phi) is 3.45. The molecule has 0 rings (SSSR count). The molecule has 0 heterocycles. The van der Waals surface area contributed by atoms with Crippen LogP contribution in [0.4, 0.5) is 9.59 Å². The van der Waals surface area contributed by atoms with Crippen molar-refractivity contribution in [1.82, 2.24) is 0 Å². The van der Waals surface area contributed by atoms with Gasteiger partial charge in [-0.1, -0.05) is 0 Å². The third kappa shape index (κ3) is 5.07. The molecule has 0 saturated heterocycles. The molecular weight excluding hydrogens is 167 g/mol. The second kappa shape index (κ2) is 3.86. The van der Waals surface area contributed by atoms with Crippen molar-refractivity contribution in [2.45, 2.75) is 0 Å². The van der Waals surface area contributed by atoms with E-state index in [4.69, 9.17) is 15.1 Å². The number of rotatable bonds is 2. The Balaban J connectivity index is 3.53. The number of hydrogen-bond donors (Lipinski definition) is 3. The van der Waals surface area contributed by atoms with Gasteiger partial charge >= 0.3 is 20.9 Å². The lowest BCUT2D eigenvalue weighted by atomic mass is 11.5. The molecule has 0 aliphatic carbocycles. The molecule has 0 atom stereocenters. The van der Waals surface area contributed by atoms with Crippen LogP contribution >= 0.6 is 8.60 Å². The monoisotopic (exact) mass is 170 g/mol. The van der Waals surface area contributed by atoms with E-state index < -0.39 is 20.9 Å². The second-order valence-electron chi connectivity index (χ2n) is 0.952. The molecule has 58 valence electrons. The molecule has 0 unspecified atom stereocenters. The predicted octanol–water partition coefficient (Wildman–Crippen LogP) is 0.595. The zero-order valence-electron chi connectivity index (χ0n) is 4.42. The Bertz CT molecular complexity index is 127. The summed E-state index contributed by atoms with van der Waals surface area (Å²) < 4.78 is 6.99. The fraction of sp³-hybridized carbons (Fsp3) is 0. The molecule has 0 aromatic carbocycles. The number of carboxylic acid groups (broad SMARTS) is 2. The van der Waals surface area contributed by atoms with E-state index in [-0.39, 0.29) is 0 Å². The van der Waals surface area contributed by atoms with Gasteiger partial charge in [-0.2, -0.15) is 0 Å². The Morgan fingerprint density at radius 3 is 1.60 bits per heavy atom. The summed E-state index contributed by atoms with van der Waals surface area (Å²) in [5.41, 5.74) is 0. The minimum Gasteiger partial charge on any atom is -0.449 e. The molecule has 0 amide bonds. The van der Waals surface area contributed by atoms with Crippen molar-refractivity contribution >= 4 is 20.9 Å². The van der Waals surface area contributed by atoms with Crippen LogP contribution in [0.15, 0.2) is 0 Å². The van der Waals surface area contributed by atoms with Crippen LogP contribution in [0.2, 0.25) is 0 Å². The largest absolute Gasteiger partial charge is 0.512 e. The third-order valence-corrected chi connectivity index (χ3v) is 0.937.